The molecular formula is C24H19ClN2O2. The molecule has 1 amide bonds. The number of hydrogen-bond donors (Lipinski definition) is 1. The Morgan fingerprint density at radius 3 is 2.48 bits per heavy atom. The van der Waals surface area contributed by atoms with Gasteiger partial charge in [-0.05, 0) is 73.5 Å². The van der Waals surface area contributed by atoms with E-state index in [0.29, 0.717) is 27.8 Å². The number of nitrogens with one attached hydrogen (secondary N) is 1. The van der Waals surface area contributed by atoms with E-state index >= 15 is 0 Å². The molecule has 0 aliphatic carbocycles. The summed E-state index contributed by atoms with van der Waals surface area (Å²) < 4.78 is 5.94. The van der Waals surface area contributed by atoms with Crippen molar-refractivity contribution < 1.29 is 9.21 Å². The number of nitrogens with zero attached hydrogens (tertiary/aromatic N) is 1. The molecule has 3 aromatic carbocycles. The number of hydrogen-bond acceptors (Lipinski definition) is 3. The Morgan fingerprint density at radius 2 is 1.72 bits per heavy atom. The molecule has 0 saturated carbocycles. The number of aryl methyl sites for hydroxylation is 2. The number of anilines is 1. The van der Waals surface area contributed by atoms with Gasteiger partial charge in [0.2, 0.25) is 5.89 Å². The molecule has 0 atom stereocenters. The number of rotatable bonds is 4. The molecular weight excluding hydrogens is 384 g/mol. The Balaban J connectivity index is 1.64. The average molecular weight is 403 g/mol. The Hall–Kier alpha value is -3.37. The van der Waals surface area contributed by atoms with Crippen molar-refractivity contribution in [1.82, 2.24) is 4.98 Å². The molecule has 0 aliphatic rings. The van der Waals surface area contributed by atoms with Crippen LogP contribution in [0.25, 0.3) is 22.8 Å². The molecule has 0 saturated heterocycles. The minimum absolute atomic E-state index is 0.213. The zero-order valence-corrected chi connectivity index (χ0v) is 16.8. The molecule has 144 valence electrons. The van der Waals surface area contributed by atoms with Gasteiger partial charge in [-0.1, -0.05) is 29.8 Å². The highest BCUT2D eigenvalue weighted by Crippen LogP contribution is 2.29. The lowest BCUT2D eigenvalue weighted by Crippen LogP contribution is -2.13. The fourth-order valence-corrected chi connectivity index (χ4v) is 3.16. The molecule has 29 heavy (non-hydrogen) atoms. The number of amides is 1. The number of oxazole rings is 1. The minimum atomic E-state index is -0.213. The fourth-order valence-electron chi connectivity index (χ4n) is 3.03. The smallest absolute Gasteiger partial charge is 0.256 e. The summed E-state index contributed by atoms with van der Waals surface area (Å²) in [5.74, 6) is 0.789. The van der Waals surface area contributed by atoms with E-state index in [1.54, 1.807) is 24.4 Å². The average Bonchev–Trinajstić information content (AvgIpc) is 3.21. The van der Waals surface area contributed by atoms with E-state index in [1.165, 1.54) is 5.56 Å². The standard InChI is InChI=1S/C24H19ClN2O2/c1-15-7-12-19(13-16(15)2)27-23(28)20-5-3-4-6-21(20)24-26-14-22(29-24)17-8-10-18(25)11-9-17/h3-14H,1-2H3,(H,27,28). The van der Waals surface area contributed by atoms with Crippen LogP contribution in [0.3, 0.4) is 0 Å². The third-order valence-corrected chi connectivity index (χ3v) is 5.05. The zero-order valence-electron chi connectivity index (χ0n) is 16.1. The van der Waals surface area contributed by atoms with Gasteiger partial charge in [0, 0.05) is 21.8 Å². The number of benzene rings is 3. The molecule has 1 aromatic heterocycles. The fraction of sp³-hybridized carbons (Fsp3) is 0.0833. The van der Waals surface area contributed by atoms with Crippen LogP contribution in [0.2, 0.25) is 5.02 Å². The Morgan fingerprint density at radius 1 is 0.966 bits per heavy atom. The highest BCUT2D eigenvalue weighted by molar-refractivity contribution is 6.30. The first-order valence-corrected chi connectivity index (χ1v) is 9.59. The number of halogens is 1. The summed E-state index contributed by atoms with van der Waals surface area (Å²) >= 11 is 5.95. The maximum atomic E-state index is 12.9. The monoisotopic (exact) mass is 402 g/mol. The molecule has 1 N–H and O–H groups in total. The van der Waals surface area contributed by atoms with Gasteiger partial charge in [0.15, 0.2) is 5.76 Å². The van der Waals surface area contributed by atoms with Gasteiger partial charge in [-0.15, -0.1) is 0 Å². The third-order valence-electron chi connectivity index (χ3n) is 4.80. The first kappa shape index (κ1) is 19.0. The first-order chi connectivity index (χ1) is 14.0. The second-order valence-corrected chi connectivity index (χ2v) is 7.27. The summed E-state index contributed by atoms with van der Waals surface area (Å²) in [4.78, 5) is 17.3. The lowest BCUT2D eigenvalue weighted by atomic mass is 10.1. The van der Waals surface area contributed by atoms with Crippen LogP contribution in [0, 0.1) is 13.8 Å². The van der Waals surface area contributed by atoms with Crippen molar-refractivity contribution in [3.63, 3.8) is 0 Å². The predicted molar refractivity (Wildman–Crippen MR) is 116 cm³/mol. The van der Waals surface area contributed by atoms with Crippen LogP contribution in [-0.4, -0.2) is 10.9 Å². The van der Waals surface area contributed by atoms with Crippen molar-refractivity contribution in [3.05, 3.63) is 94.6 Å². The van der Waals surface area contributed by atoms with Gasteiger partial charge >= 0.3 is 0 Å². The minimum Gasteiger partial charge on any atom is -0.436 e. The van der Waals surface area contributed by atoms with E-state index in [0.717, 1.165) is 16.8 Å². The predicted octanol–water partition coefficient (Wildman–Crippen LogP) is 6.53. The van der Waals surface area contributed by atoms with E-state index in [-0.39, 0.29) is 5.91 Å². The summed E-state index contributed by atoms with van der Waals surface area (Å²) in [6.45, 7) is 4.06. The van der Waals surface area contributed by atoms with Gasteiger partial charge in [-0.2, -0.15) is 0 Å². The molecule has 0 aliphatic heterocycles. The number of aromatic nitrogens is 1. The van der Waals surface area contributed by atoms with E-state index in [1.807, 2.05) is 62.4 Å². The van der Waals surface area contributed by atoms with Crippen LogP contribution in [0.5, 0.6) is 0 Å². The largest absolute Gasteiger partial charge is 0.436 e. The SMILES string of the molecule is Cc1ccc(NC(=O)c2ccccc2-c2ncc(-c3ccc(Cl)cc3)o2)cc1C. The Kier molecular flexibility index (Phi) is 5.19. The van der Waals surface area contributed by atoms with Crippen LogP contribution in [-0.2, 0) is 0 Å². The molecule has 1 heterocycles. The maximum Gasteiger partial charge on any atom is 0.256 e. The van der Waals surface area contributed by atoms with Crippen LogP contribution in [0.15, 0.2) is 77.3 Å². The zero-order chi connectivity index (χ0) is 20.4. The molecule has 0 bridgehead atoms. The van der Waals surface area contributed by atoms with Crippen LogP contribution >= 0.6 is 11.6 Å². The topological polar surface area (TPSA) is 55.1 Å². The summed E-state index contributed by atoms with van der Waals surface area (Å²) in [5.41, 5.74) is 5.05. The quantitative estimate of drug-likeness (QED) is 0.422. The molecule has 4 rings (SSSR count). The molecule has 0 spiro atoms. The van der Waals surface area contributed by atoms with Crippen LogP contribution < -0.4 is 5.32 Å². The van der Waals surface area contributed by atoms with E-state index in [2.05, 4.69) is 10.3 Å². The highest BCUT2D eigenvalue weighted by Gasteiger charge is 2.17. The van der Waals surface area contributed by atoms with Crippen molar-refractivity contribution in [2.45, 2.75) is 13.8 Å². The van der Waals surface area contributed by atoms with Crippen LogP contribution in [0.4, 0.5) is 5.69 Å². The van der Waals surface area contributed by atoms with Gasteiger partial charge in [-0.3, -0.25) is 4.79 Å². The summed E-state index contributed by atoms with van der Waals surface area (Å²) in [7, 11) is 0. The van der Waals surface area contributed by atoms with Gasteiger partial charge in [-0.25, -0.2) is 4.98 Å². The molecule has 0 unspecified atom stereocenters. The van der Waals surface area contributed by atoms with Crippen molar-refractivity contribution in [3.8, 4) is 22.8 Å². The Labute approximate surface area is 174 Å². The number of carbonyl (C=O) groups is 1. The van der Waals surface area contributed by atoms with Crippen molar-refractivity contribution in [2.75, 3.05) is 5.32 Å². The lowest BCUT2D eigenvalue weighted by Gasteiger charge is -2.10. The van der Waals surface area contributed by atoms with Crippen molar-refractivity contribution >= 4 is 23.2 Å². The summed E-state index contributed by atoms with van der Waals surface area (Å²) in [6, 6.07) is 20.4. The normalized spacial score (nSPS) is 10.7. The summed E-state index contributed by atoms with van der Waals surface area (Å²) in [5, 5.41) is 3.61. The van der Waals surface area contributed by atoms with E-state index in [9.17, 15) is 4.79 Å². The maximum absolute atomic E-state index is 12.9. The molecule has 0 fully saturated rings. The van der Waals surface area contributed by atoms with E-state index < -0.39 is 0 Å². The second kappa shape index (κ2) is 7.94. The van der Waals surface area contributed by atoms with Gasteiger partial charge < -0.3 is 9.73 Å². The van der Waals surface area contributed by atoms with Gasteiger partial charge in [0.05, 0.1) is 11.8 Å². The van der Waals surface area contributed by atoms with Crippen LogP contribution in [0.1, 0.15) is 21.5 Å². The Bertz CT molecular complexity index is 1180. The molecule has 0 radical (unpaired) electrons. The van der Waals surface area contributed by atoms with Gasteiger partial charge in [0.25, 0.3) is 5.91 Å². The lowest BCUT2D eigenvalue weighted by molar-refractivity contribution is 0.102. The number of carbonyl (C=O) groups excluding carboxylic acids is 1. The summed E-state index contributed by atoms with van der Waals surface area (Å²) in [6.07, 6.45) is 1.65. The highest BCUT2D eigenvalue weighted by atomic mass is 35.5. The van der Waals surface area contributed by atoms with Crippen molar-refractivity contribution in [1.29, 1.82) is 0 Å². The third kappa shape index (κ3) is 4.08. The van der Waals surface area contributed by atoms with E-state index in [4.69, 9.17) is 16.0 Å². The molecule has 4 nitrogen and oxygen atoms in total. The molecule has 5 heteroatoms. The molecule has 4 aromatic rings. The van der Waals surface area contributed by atoms with Gasteiger partial charge in [0.1, 0.15) is 0 Å². The van der Waals surface area contributed by atoms with Crippen molar-refractivity contribution in [2.24, 2.45) is 0 Å². The second-order valence-electron chi connectivity index (χ2n) is 6.84. The first-order valence-electron chi connectivity index (χ1n) is 9.21.